The van der Waals surface area contributed by atoms with E-state index in [2.05, 4.69) is 27.9 Å². The highest BCUT2D eigenvalue weighted by Crippen LogP contribution is 2.31. The fraction of sp³-hybridized carbons (Fsp3) is 0.0800. The summed E-state index contributed by atoms with van der Waals surface area (Å²) in [5.74, 6) is -1.77. The van der Waals surface area contributed by atoms with Crippen molar-refractivity contribution in [3.8, 4) is 5.75 Å². The van der Waals surface area contributed by atoms with Gasteiger partial charge in [0.05, 0.1) is 17.7 Å². The molecule has 1 N–H and O–H groups in total. The van der Waals surface area contributed by atoms with Gasteiger partial charge in [-0.25, -0.2) is 14.1 Å². The first-order chi connectivity index (χ1) is 17.2. The molecule has 1 fully saturated rings. The van der Waals surface area contributed by atoms with Crippen LogP contribution < -0.4 is 15.0 Å². The highest BCUT2D eigenvalue weighted by molar-refractivity contribution is 14.1. The number of carbonyl (C=O) groups is 3. The van der Waals surface area contributed by atoms with Crippen molar-refractivity contribution in [3.05, 3.63) is 102 Å². The van der Waals surface area contributed by atoms with Crippen LogP contribution in [0.1, 0.15) is 16.7 Å². The van der Waals surface area contributed by atoms with Crippen molar-refractivity contribution >= 4 is 57.9 Å². The summed E-state index contributed by atoms with van der Waals surface area (Å²) in [5.41, 5.74) is 0.907. The molecule has 0 radical (unpaired) electrons. The molecule has 11 heteroatoms. The van der Waals surface area contributed by atoms with Crippen molar-refractivity contribution in [1.82, 2.24) is 5.32 Å². The maximum absolute atomic E-state index is 14.2. The number of methoxy groups -OCH3 is 1. The minimum atomic E-state index is -1.02. The van der Waals surface area contributed by atoms with E-state index < -0.39 is 22.8 Å². The fourth-order valence-corrected chi connectivity index (χ4v) is 4.52. The molecule has 0 aliphatic carbocycles. The zero-order chi connectivity index (χ0) is 26.0. The van der Waals surface area contributed by atoms with E-state index in [0.29, 0.717) is 25.3 Å². The van der Waals surface area contributed by atoms with Gasteiger partial charge in [-0.2, -0.15) is 0 Å². The van der Waals surface area contributed by atoms with Crippen molar-refractivity contribution in [2.45, 2.75) is 6.42 Å². The molecular weight excluding hydrogens is 584 g/mol. The van der Waals surface area contributed by atoms with Crippen LogP contribution in [0.5, 0.6) is 5.75 Å². The summed E-state index contributed by atoms with van der Waals surface area (Å²) in [6.07, 6.45) is 1.56. The number of amides is 4. The second kappa shape index (κ2) is 10.2. The standard InChI is InChI=1S/C25H17FIN3O6/c1-36-22-11-14(10-21(27)18(22)12-15-5-2-3-8-20(15)26)9-19-23(31)28-25(33)29(24(19)32)16-6-4-7-17(13-16)30(34)35/h2-11,13H,12H2,1H3,(H,28,31,33)/b19-9+. The zero-order valence-electron chi connectivity index (χ0n) is 18.7. The summed E-state index contributed by atoms with van der Waals surface area (Å²) in [6, 6.07) is 13.6. The fourth-order valence-electron chi connectivity index (χ4n) is 3.70. The van der Waals surface area contributed by atoms with Gasteiger partial charge in [-0.3, -0.25) is 25.0 Å². The van der Waals surface area contributed by atoms with E-state index in [1.54, 1.807) is 30.3 Å². The third-order valence-corrected chi connectivity index (χ3v) is 6.40. The first-order valence-corrected chi connectivity index (χ1v) is 11.5. The average Bonchev–Trinajstić information content (AvgIpc) is 2.84. The number of non-ortho nitro benzene ring substituents is 1. The number of nitro groups is 1. The largest absolute Gasteiger partial charge is 0.496 e. The predicted molar refractivity (Wildman–Crippen MR) is 137 cm³/mol. The Labute approximate surface area is 217 Å². The molecule has 182 valence electrons. The maximum atomic E-state index is 14.2. The number of hydrogen-bond donors (Lipinski definition) is 1. The molecular formula is C25H17FIN3O6. The number of ether oxygens (including phenoxy) is 1. The molecule has 0 aromatic heterocycles. The van der Waals surface area contributed by atoms with Crippen LogP contribution in [0.4, 0.5) is 20.6 Å². The van der Waals surface area contributed by atoms with Crippen LogP contribution in [0.2, 0.25) is 0 Å². The van der Waals surface area contributed by atoms with Gasteiger partial charge in [0.25, 0.3) is 17.5 Å². The number of barbiturate groups is 1. The number of hydrogen-bond acceptors (Lipinski definition) is 6. The summed E-state index contributed by atoms with van der Waals surface area (Å²) in [5, 5.41) is 13.2. The number of rotatable bonds is 6. The Morgan fingerprint density at radius 2 is 1.86 bits per heavy atom. The number of nitrogens with one attached hydrogen (secondary N) is 1. The summed E-state index contributed by atoms with van der Waals surface area (Å²) in [7, 11) is 1.45. The highest BCUT2D eigenvalue weighted by Gasteiger charge is 2.37. The smallest absolute Gasteiger partial charge is 0.335 e. The molecule has 9 nitrogen and oxygen atoms in total. The molecule has 4 amide bonds. The molecule has 3 aromatic carbocycles. The lowest BCUT2D eigenvalue weighted by Gasteiger charge is -2.26. The molecule has 36 heavy (non-hydrogen) atoms. The van der Waals surface area contributed by atoms with Gasteiger partial charge in [0.1, 0.15) is 17.1 Å². The van der Waals surface area contributed by atoms with Gasteiger partial charge in [-0.1, -0.05) is 24.3 Å². The van der Waals surface area contributed by atoms with Crippen molar-refractivity contribution in [2.24, 2.45) is 0 Å². The molecule has 0 unspecified atom stereocenters. The summed E-state index contributed by atoms with van der Waals surface area (Å²) < 4.78 is 20.4. The SMILES string of the molecule is COc1cc(/C=C2\C(=O)NC(=O)N(c3cccc([N+](=O)[O-])c3)C2=O)cc(I)c1Cc1ccccc1F. The van der Waals surface area contributed by atoms with Crippen molar-refractivity contribution in [1.29, 1.82) is 0 Å². The van der Waals surface area contributed by atoms with Gasteiger partial charge in [-0.15, -0.1) is 0 Å². The molecule has 1 aliphatic heterocycles. The van der Waals surface area contributed by atoms with E-state index in [0.717, 1.165) is 11.6 Å². The third kappa shape index (κ3) is 4.96. The van der Waals surface area contributed by atoms with Crippen LogP contribution in [-0.2, 0) is 16.0 Å². The lowest BCUT2D eigenvalue weighted by Crippen LogP contribution is -2.54. The van der Waals surface area contributed by atoms with Crippen molar-refractivity contribution in [2.75, 3.05) is 12.0 Å². The Kier molecular flexibility index (Phi) is 7.10. The number of nitrogens with zero attached hydrogens (tertiary/aromatic N) is 2. The minimum absolute atomic E-state index is 0.0579. The van der Waals surface area contributed by atoms with Crippen molar-refractivity contribution < 1.29 is 28.4 Å². The number of halogens is 2. The number of benzene rings is 3. The van der Waals surface area contributed by atoms with E-state index in [9.17, 15) is 28.9 Å². The number of urea groups is 1. The Hall–Kier alpha value is -4.13. The van der Waals surface area contributed by atoms with Gasteiger partial charge in [-0.05, 0) is 64.1 Å². The molecule has 1 heterocycles. The highest BCUT2D eigenvalue weighted by atomic mass is 127. The van der Waals surface area contributed by atoms with E-state index in [4.69, 9.17) is 4.74 Å². The van der Waals surface area contributed by atoms with Crippen LogP contribution in [0.3, 0.4) is 0 Å². The zero-order valence-corrected chi connectivity index (χ0v) is 20.8. The lowest BCUT2D eigenvalue weighted by molar-refractivity contribution is -0.384. The van der Waals surface area contributed by atoms with Crippen molar-refractivity contribution in [3.63, 3.8) is 0 Å². The molecule has 0 spiro atoms. The van der Waals surface area contributed by atoms with Crippen LogP contribution in [0, 0.1) is 19.5 Å². The third-order valence-electron chi connectivity index (χ3n) is 5.43. The van der Waals surface area contributed by atoms with Crippen LogP contribution >= 0.6 is 22.6 Å². The molecule has 1 saturated heterocycles. The lowest BCUT2D eigenvalue weighted by atomic mass is 10.00. The Balaban J connectivity index is 1.72. The summed E-state index contributed by atoms with van der Waals surface area (Å²) >= 11 is 2.06. The van der Waals surface area contributed by atoms with E-state index in [1.165, 1.54) is 37.5 Å². The van der Waals surface area contributed by atoms with Crippen LogP contribution in [0.15, 0.2) is 66.2 Å². The van der Waals surface area contributed by atoms with Gasteiger partial charge >= 0.3 is 6.03 Å². The summed E-state index contributed by atoms with van der Waals surface area (Å²) in [6.45, 7) is 0. The Bertz CT molecular complexity index is 1460. The van der Waals surface area contributed by atoms with Gasteiger partial charge in [0.15, 0.2) is 0 Å². The number of imide groups is 2. The van der Waals surface area contributed by atoms with Crippen LogP contribution in [-0.4, -0.2) is 29.9 Å². The van der Waals surface area contributed by atoms with E-state index in [-0.39, 0.29) is 29.2 Å². The first kappa shape index (κ1) is 25.0. The first-order valence-electron chi connectivity index (χ1n) is 10.5. The molecule has 0 saturated carbocycles. The van der Waals surface area contributed by atoms with Gasteiger partial charge in [0, 0.05) is 27.7 Å². The normalized spacial score (nSPS) is 14.7. The topological polar surface area (TPSA) is 119 Å². The second-order valence-electron chi connectivity index (χ2n) is 7.69. The average molecular weight is 601 g/mol. The molecule has 3 aromatic rings. The monoisotopic (exact) mass is 601 g/mol. The molecule has 0 atom stereocenters. The Morgan fingerprint density at radius 1 is 1.11 bits per heavy atom. The number of carbonyl (C=O) groups excluding carboxylic acids is 3. The predicted octanol–water partition coefficient (Wildman–Crippen LogP) is 4.60. The van der Waals surface area contributed by atoms with Gasteiger partial charge in [0.2, 0.25) is 0 Å². The van der Waals surface area contributed by atoms with E-state index >= 15 is 0 Å². The summed E-state index contributed by atoms with van der Waals surface area (Å²) in [4.78, 5) is 49.2. The number of anilines is 1. The molecule has 4 rings (SSSR count). The van der Waals surface area contributed by atoms with Crippen LogP contribution in [0.25, 0.3) is 6.08 Å². The quantitative estimate of drug-likeness (QED) is 0.145. The van der Waals surface area contributed by atoms with Gasteiger partial charge < -0.3 is 4.74 Å². The number of nitro benzene ring substituents is 1. The van der Waals surface area contributed by atoms with E-state index in [1.807, 2.05) is 0 Å². The maximum Gasteiger partial charge on any atom is 0.335 e. The molecule has 1 aliphatic rings. The second-order valence-corrected chi connectivity index (χ2v) is 8.85. The Morgan fingerprint density at radius 3 is 2.56 bits per heavy atom. The molecule has 0 bridgehead atoms. The minimum Gasteiger partial charge on any atom is -0.496 e.